The van der Waals surface area contributed by atoms with E-state index in [1.165, 1.54) is 5.57 Å². The van der Waals surface area contributed by atoms with Crippen LogP contribution < -0.4 is 5.32 Å². The van der Waals surface area contributed by atoms with E-state index >= 15 is 0 Å². The third-order valence-corrected chi connectivity index (χ3v) is 4.40. The lowest BCUT2D eigenvalue weighted by atomic mass is 9.76. The first-order valence-corrected chi connectivity index (χ1v) is 6.75. The second-order valence-corrected chi connectivity index (χ2v) is 6.05. The van der Waals surface area contributed by atoms with Crippen LogP contribution in [-0.2, 0) is 4.74 Å². The van der Waals surface area contributed by atoms with Gasteiger partial charge in [-0.25, -0.2) is 9.59 Å². The van der Waals surface area contributed by atoms with Crippen molar-refractivity contribution in [1.29, 1.82) is 0 Å². The van der Waals surface area contributed by atoms with Crippen LogP contribution in [0.15, 0.2) is 23.4 Å². The van der Waals surface area contributed by atoms with Gasteiger partial charge >= 0.3 is 12.2 Å². The molecule has 0 aromatic carbocycles. The fourth-order valence-corrected chi connectivity index (χ4v) is 3.63. The first kappa shape index (κ1) is 13.0. The quantitative estimate of drug-likeness (QED) is 0.810. The van der Waals surface area contributed by atoms with E-state index < -0.39 is 12.2 Å². The second kappa shape index (κ2) is 4.26. The lowest BCUT2D eigenvalue weighted by Gasteiger charge is -2.30. The van der Waals surface area contributed by atoms with Gasteiger partial charge in [0.15, 0.2) is 0 Å². The van der Waals surface area contributed by atoms with Gasteiger partial charge in [0.2, 0.25) is 0 Å². The van der Waals surface area contributed by atoms with Gasteiger partial charge in [-0.15, -0.1) is 0 Å². The van der Waals surface area contributed by atoms with Crippen molar-refractivity contribution in [3.63, 3.8) is 0 Å². The van der Waals surface area contributed by atoms with Gasteiger partial charge in [-0.2, -0.15) is 0 Å². The number of cyclic esters (lactones) is 1. The number of carboxylic acid groups (broad SMARTS) is 1. The van der Waals surface area contributed by atoms with Gasteiger partial charge in [0.05, 0.1) is 12.6 Å². The van der Waals surface area contributed by atoms with Crippen molar-refractivity contribution in [2.24, 2.45) is 5.41 Å². The van der Waals surface area contributed by atoms with Crippen LogP contribution in [0.4, 0.5) is 9.59 Å². The van der Waals surface area contributed by atoms with E-state index in [-0.39, 0.29) is 24.1 Å². The minimum atomic E-state index is -1.10. The molecule has 0 aromatic rings. The molecule has 0 spiro atoms. The summed E-state index contributed by atoms with van der Waals surface area (Å²) in [5, 5.41) is 11.0. The molecule has 20 heavy (non-hydrogen) atoms. The highest BCUT2D eigenvalue weighted by Gasteiger charge is 2.56. The SMILES string of the molecule is CC1=CC=C2N3C(=O)OC(CNC(=O)O)[C@@H]3CC2(C)C1. The molecule has 6 nitrogen and oxygen atoms in total. The smallest absolute Gasteiger partial charge is 0.414 e. The molecule has 2 fully saturated rings. The normalized spacial score (nSPS) is 34.9. The molecule has 108 valence electrons. The summed E-state index contributed by atoms with van der Waals surface area (Å²) in [4.78, 5) is 24.4. The number of allylic oxidation sites excluding steroid dienone is 4. The molecule has 2 unspecified atom stereocenters. The number of nitrogens with zero attached hydrogens (tertiary/aromatic N) is 1. The zero-order chi connectivity index (χ0) is 14.5. The molecule has 3 rings (SSSR count). The topological polar surface area (TPSA) is 78.9 Å². The molecule has 2 N–H and O–H groups in total. The maximum absolute atomic E-state index is 12.1. The molecule has 2 amide bonds. The fraction of sp³-hybridized carbons (Fsp3) is 0.571. The summed E-state index contributed by atoms with van der Waals surface area (Å²) in [7, 11) is 0. The Morgan fingerprint density at radius 1 is 1.60 bits per heavy atom. The number of amides is 2. The second-order valence-electron chi connectivity index (χ2n) is 6.05. The van der Waals surface area contributed by atoms with Crippen LogP contribution in [0.2, 0.25) is 0 Å². The van der Waals surface area contributed by atoms with Crippen LogP contribution in [0.5, 0.6) is 0 Å². The Hall–Kier alpha value is -1.98. The molecule has 2 aliphatic heterocycles. The summed E-state index contributed by atoms with van der Waals surface area (Å²) >= 11 is 0. The van der Waals surface area contributed by atoms with Crippen molar-refractivity contribution in [2.45, 2.75) is 38.8 Å². The molecular formula is C14H18N2O4. The van der Waals surface area contributed by atoms with E-state index in [1.54, 1.807) is 4.90 Å². The monoisotopic (exact) mass is 278 g/mol. The largest absolute Gasteiger partial charge is 0.465 e. The fourth-order valence-electron chi connectivity index (χ4n) is 3.63. The van der Waals surface area contributed by atoms with Gasteiger partial charge in [-0.1, -0.05) is 18.6 Å². The van der Waals surface area contributed by atoms with Gasteiger partial charge in [-0.05, 0) is 25.8 Å². The molecule has 0 radical (unpaired) electrons. The van der Waals surface area contributed by atoms with Crippen LogP contribution in [-0.4, -0.2) is 40.9 Å². The summed E-state index contributed by atoms with van der Waals surface area (Å²) in [6, 6.07) is -0.0788. The number of fused-ring (bicyclic) bond motifs is 3. The van der Waals surface area contributed by atoms with E-state index in [0.717, 1.165) is 18.5 Å². The number of nitrogens with one attached hydrogen (secondary N) is 1. The molecule has 0 bridgehead atoms. The molecule has 6 heteroatoms. The molecule has 0 saturated carbocycles. The van der Waals surface area contributed by atoms with Crippen molar-refractivity contribution >= 4 is 12.2 Å². The highest BCUT2D eigenvalue weighted by molar-refractivity contribution is 5.75. The van der Waals surface area contributed by atoms with E-state index in [2.05, 4.69) is 19.2 Å². The highest BCUT2D eigenvalue weighted by Crippen LogP contribution is 2.52. The van der Waals surface area contributed by atoms with Crippen molar-refractivity contribution in [3.05, 3.63) is 23.4 Å². The average Bonchev–Trinajstić information content (AvgIpc) is 2.80. The molecular weight excluding hydrogens is 260 g/mol. The number of hydrogen-bond donors (Lipinski definition) is 2. The van der Waals surface area contributed by atoms with E-state index in [1.807, 2.05) is 12.2 Å². The number of ether oxygens (including phenoxy) is 1. The van der Waals surface area contributed by atoms with Crippen molar-refractivity contribution in [2.75, 3.05) is 6.54 Å². The number of rotatable bonds is 2. The van der Waals surface area contributed by atoms with E-state index in [0.29, 0.717) is 0 Å². The third kappa shape index (κ3) is 1.87. The van der Waals surface area contributed by atoms with Gasteiger partial charge < -0.3 is 15.2 Å². The zero-order valence-corrected chi connectivity index (χ0v) is 11.5. The zero-order valence-electron chi connectivity index (χ0n) is 11.5. The first-order valence-electron chi connectivity index (χ1n) is 6.75. The third-order valence-electron chi connectivity index (χ3n) is 4.40. The molecule has 3 atom stereocenters. The van der Waals surface area contributed by atoms with Crippen LogP contribution >= 0.6 is 0 Å². The molecule has 3 aliphatic rings. The molecule has 2 heterocycles. The Morgan fingerprint density at radius 3 is 3.05 bits per heavy atom. The van der Waals surface area contributed by atoms with Crippen LogP contribution in [0, 0.1) is 5.41 Å². The summed E-state index contributed by atoms with van der Waals surface area (Å²) in [5.41, 5.74) is 2.24. The minimum Gasteiger partial charge on any atom is -0.465 e. The van der Waals surface area contributed by atoms with Gasteiger partial charge in [-0.3, -0.25) is 4.90 Å². The van der Waals surface area contributed by atoms with E-state index in [9.17, 15) is 9.59 Å². The van der Waals surface area contributed by atoms with Crippen LogP contribution in [0.3, 0.4) is 0 Å². The minimum absolute atomic E-state index is 0.0512. The summed E-state index contributed by atoms with van der Waals surface area (Å²) in [5.74, 6) is 0. The van der Waals surface area contributed by atoms with E-state index in [4.69, 9.17) is 9.84 Å². The number of carbonyl (C=O) groups excluding carboxylic acids is 1. The van der Waals surface area contributed by atoms with Gasteiger partial charge in [0.25, 0.3) is 0 Å². The van der Waals surface area contributed by atoms with Gasteiger partial charge in [0.1, 0.15) is 6.10 Å². The predicted molar refractivity (Wildman–Crippen MR) is 71.1 cm³/mol. The standard InChI is InChI=1S/C14H18N2O4/c1-8-3-4-11-14(2,5-8)6-9-10(7-15-12(17)18)20-13(19)16(9)11/h3-4,9-10,15H,5-7H2,1-2H3,(H,17,18)/t9-,10?,14?/m0/s1. The number of hydrogen-bond acceptors (Lipinski definition) is 3. The number of carbonyl (C=O) groups is 2. The molecule has 2 saturated heterocycles. The van der Waals surface area contributed by atoms with Gasteiger partial charge in [0, 0.05) is 11.1 Å². The Labute approximate surface area is 117 Å². The Morgan fingerprint density at radius 2 is 2.35 bits per heavy atom. The maximum atomic E-state index is 12.1. The molecule has 0 aromatic heterocycles. The van der Waals surface area contributed by atoms with Crippen molar-refractivity contribution in [1.82, 2.24) is 10.2 Å². The Bertz CT molecular complexity index is 539. The first-order chi connectivity index (χ1) is 9.40. The Kier molecular flexibility index (Phi) is 2.77. The summed E-state index contributed by atoms with van der Waals surface area (Å²) < 4.78 is 5.30. The summed E-state index contributed by atoms with van der Waals surface area (Å²) in [6.45, 7) is 4.38. The highest BCUT2D eigenvalue weighted by atomic mass is 16.6. The Balaban J connectivity index is 1.84. The lowest BCUT2D eigenvalue weighted by Crippen LogP contribution is -2.38. The lowest BCUT2D eigenvalue weighted by molar-refractivity contribution is 0.118. The summed E-state index contributed by atoms with van der Waals surface area (Å²) in [6.07, 6.45) is 3.89. The predicted octanol–water partition coefficient (Wildman–Crippen LogP) is 2.09. The van der Waals surface area contributed by atoms with Crippen molar-refractivity contribution in [3.8, 4) is 0 Å². The molecule has 1 aliphatic carbocycles. The average molecular weight is 278 g/mol. The van der Waals surface area contributed by atoms with Crippen LogP contribution in [0.25, 0.3) is 0 Å². The van der Waals surface area contributed by atoms with Crippen LogP contribution in [0.1, 0.15) is 26.7 Å². The maximum Gasteiger partial charge on any atom is 0.414 e. The van der Waals surface area contributed by atoms with Crippen molar-refractivity contribution < 1.29 is 19.4 Å².